The number of nitrogens with zero attached hydrogens (tertiary/aromatic N) is 2. The smallest absolute Gasteiger partial charge is 0.850 e. The summed E-state index contributed by atoms with van der Waals surface area (Å²) in [6.45, 7) is 8.31. The molecule has 6 rings (SSSR count). The topological polar surface area (TPSA) is 48.8 Å². The summed E-state index contributed by atoms with van der Waals surface area (Å²) in [7, 11) is 0. The first-order chi connectivity index (χ1) is 24.8. The fraction of sp³-hybridized carbons (Fsp3) is 0.227. The summed E-state index contributed by atoms with van der Waals surface area (Å²) in [5.41, 5.74) is 11.2. The monoisotopic (exact) mass is 664 g/mol. The van der Waals surface area contributed by atoms with Gasteiger partial charge in [-0.25, -0.2) is 0 Å². The summed E-state index contributed by atoms with van der Waals surface area (Å²) in [6, 6.07) is 34.9. The third-order valence-corrected chi connectivity index (χ3v) is 7.26. The van der Waals surface area contributed by atoms with Gasteiger partial charge >= 0.3 is 51.4 Å². The fourth-order valence-corrected chi connectivity index (χ4v) is 5.62. The Labute approximate surface area is 339 Å². The molecule has 240 valence electrons. The molecule has 6 aromatic rings. The molecule has 0 atom stereocenters. The van der Waals surface area contributed by atoms with E-state index >= 15 is 0 Å². The molecule has 0 bridgehead atoms. The third-order valence-electron chi connectivity index (χ3n) is 7.26. The Morgan fingerprint density at radius 2 is 0.896 bits per heavy atom. The first-order valence-electron chi connectivity index (χ1n) is 18.7. The molecule has 0 aliphatic rings. The van der Waals surface area contributed by atoms with E-state index < -0.39 is 19.3 Å². The Kier molecular flexibility index (Phi) is 11.5. The minimum absolute atomic E-state index is 0. The molecule has 4 heteroatoms. The van der Waals surface area contributed by atoms with Gasteiger partial charge in [-0.2, -0.15) is 0 Å². The maximum absolute atomic E-state index is 10.1. The second-order valence-electron chi connectivity index (χ2n) is 12.6. The van der Waals surface area contributed by atoms with E-state index in [4.69, 9.17) is 8.22 Å². The molecule has 0 unspecified atom stereocenters. The summed E-state index contributed by atoms with van der Waals surface area (Å²) in [6.07, 6.45) is 3.53. The van der Waals surface area contributed by atoms with Crippen molar-refractivity contribution in [2.24, 2.45) is 0 Å². The zero-order chi connectivity index (χ0) is 39.1. The van der Waals surface area contributed by atoms with E-state index in [9.17, 15) is 5.11 Å². The molecule has 0 amide bonds. The van der Waals surface area contributed by atoms with E-state index in [1.165, 1.54) is 33.9 Å². The Hall–Kier alpha value is -3.22. The van der Waals surface area contributed by atoms with Gasteiger partial charge in [0.15, 0.2) is 0 Å². The summed E-state index contributed by atoms with van der Waals surface area (Å²) in [5.74, 6) is 0. The van der Waals surface area contributed by atoms with Crippen LogP contribution in [0.15, 0.2) is 122 Å². The van der Waals surface area contributed by atoms with Gasteiger partial charge in [0.05, 0.1) is 11.4 Å². The van der Waals surface area contributed by atoms with Gasteiger partial charge in [-0.1, -0.05) is 129 Å². The van der Waals surface area contributed by atoms with Crippen molar-refractivity contribution in [1.29, 1.82) is 0 Å². The molecular weight excluding hydrogens is 612 g/mol. The SMILES string of the molecule is CC(C)(C)[O-].Cc1cc(C)c(-c2cccnc2-c2ccccc2)c(C)c1.[2H]C([2H])([2H])c1cc(C)c(-c2cccnc2-c2ccccc2)c(C([2H])([2H])[2H])c1.[K+]. The van der Waals surface area contributed by atoms with Crippen LogP contribution >= 0.6 is 0 Å². The van der Waals surface area contributed by atoms with E-state index in [-0.39, 0.29) is 62.5 Å². The minimum atomic E-state index is -2.45. The predicted molar refractivity (Wildman–Crippen MR) is 198 cm³/mol. The van der Waals surface area contributed by atoms with Crippen molar-refractivity contribution >= 4 is 0 Å². The van der Waals surface area contributed by atoms with Crippen molar-refractivity contribution in [2.75, 3.05) is 0 Å². The van der Waals surface area contributed by atoms with Crippen molar-refractivity contribution in [3.05, 3.63) is 155 Å². The second-order valence-corrected chi connectivity index (χ2v) is 12.6. The number of aryl methyl sites for hydroxylation is 6. The molecule has 0 saturated heterocycles. The van der Waals surface area contributed by atoms with E-state index in [1.54, 1.807) is 46.0 Å². The van der Waals surface area contributed by atoms with Gasteiger partial charge < -0.3 is 5.11 Å². The van der Waals surface area contributed by atoms with Gasteiger partial charge in [0.25, 0.3) is 0 Å². The van der Waals surface area contributed by atoms with Gasteiger partial charge in [-0.15, -0.1) is 5.60 Å². The first-order valence-corrected chi connectivity index (χ1v) is 15.7. The molecule has 0 spiro atoms. The quantitative estimate of drug-likeness (QED) is 0.181. The average molecular weight is 665 g/mol. The number of rotatable bonds is 4. The van der Waals surface area contributed by atoms with Crippen LogP contribution in [0.5, 0.6) is 0 Å². The van der Waals surface area contributed by atoms with Crippen molar-refractivity contribution in [1.82, 2.24) is 9.97 Å². The Morgan fingerprint density at radius 3 is 1.29 bits per heavy atom. The number of benzene rings is 4. The molecule has 0 fully saturated rings. The van der Waals surface area contributed by atoms with Gasteiger partial charge in [-0.05, 0) is 86.9 Å². The summed E-state index contributed by atoms with van der Waals surface area (Å²) >= 11 is 0. The van der Waals surface area contributed by atoms with Crippen molar-refractivity contribution in [2.45, 2.75) is 67.8 Å². The van der Waals surface area contributed by atoms with Crippen LogP contribution in [-0.2, 0) is 0 Å². The minimum Gasteiger partial charge on any atom is -0.850 e. The summed E-state index contributed by atoms with van der Waals surface area (Å²) in [5, 5.41) is 10.1. The first kappa shape index (κ1) is 30.8. The maximum atomic E-state index is 10.1. The second kappa shape index (κ2) is 18.0. The van der Waals surface area contributed by atoms with Gasteiger partial charge in [0, 0.05) is 42.9 Å². The van der Waals surface area contributed by atoms with Gasteiger partial charge in [-0.3, -0.25) is 9.97 Å². The molecule has 0 aliphatic heterocycles. The standard InChI is InChI=1S/2C20H19N.C4H9O.K/c2*1-14-12-15(2)19(16(3)13-14)18-10-7-11-21-20(18)17-8-5-4-6-9-17;1-4(2,3)5;/h2*4-13H,1-3H3;1-3H3;/q;;-1;+1/i1D3,2D3;;;. The van der Waals surface area contributed by atoms with Crippen LogP contribution in [0, 0.1) is 41.4 Å². The third kappa shape index (κ3) is 10.9. The van der Waals surface area contributed by atoms with E-state index in [1.807, 2.05) is 54.7 Å². The summed E-state index contributed by atoms with van der Waals surface area (Å²) in [4.78, 5) is 9.10. The zero-order valence-corrected chi connectivity index (χ0v) is 32.5. The van der Waals surface area contributed by atoms with Gasteiger partial charge in [0.1, 0.15) is 0 Å². The van der Waals surface area contributed by atoms with Crippen LogP contribution in [0.1, 0.15) is 62.4 Å². The molecule has 0 saturated carbocycles. The molecule has 2 aromatic heterocycles. The maximum Gasteiger partial charge on any atom is 1.00 e. The number of hydrogen-bond acceptors (Lipinski definition) is 3. The van der Waals surface area contributed by atoms with E-state index in [0.29, 0.717) is 22.4 Å². The zero-order valence-electron chi connectivity index (χ0n) is 35.3. The van der Waals surface area contributed by atoms with Crippen LogP contribution < -0.4 is 56.5 Å². The fourth-order valence-electron chi connectivity index (χ4n) is 5.62. The van der Waals surface area contributed by atoms with Crippen LogP contribution in [0.25, 0.3) is 44.8 Å². The van der Waals surface area contributed by atoms with Crippen molar-refractivity contribution in [3.8, 4) is 44.8 Å². The van der Waals surface area contributed by atoms with Crippen LogP contribution in [0.2, 0.25) is 0 Å². The normalized spacial score (nSPS) is 12.9. The molecular formula is C44H47KN2O. The molecule has 48 heavy (non-hydrogen) atoms. The van der Waals surface area contributed by atoms with E-state index in [2.05, 4.69) is 73.2 Å². The van der Waals surface area contributed by atoms with E-state index in [0.717, 1.165) is 16.8 Å². The number of pyridine rings is 2. The number of aromatic nitrogens is 2. The van der Waals surface area contributed by atoms with Crippen molar-refractivity contribution < 1.29 is 64.7 Å². The van der Waals surface area contributed by atoms with Gasteiger partial charge in [0.2, 0.25) is 0 Å². The number of hydrogen-bond donors (Lipinski definition) is 0. The Bertz CT molecular complexity index is 2110. The Morgan fingerprint density at radius 1 is 0.521 bits per heavy atom. The Balaban J connectivity index is 0.000000259. The van der Waals surface area contributed by atoms with Crippen molar-refractivity contribution in [3.63, 3.8) is 0 Å². The molecule has 0 aliphatic carbocycles. The molecule has 3 nitrogen and oxygen atoms in total. The predicted octanol–water partition coefficient (Wildman–Crippen LogP) is 7.83. The largest absolute Gasteiger partial charge is 1.00 e. The average Bonchev–Trinajstić information content (AvgIpc) is 3.07. The van der Waals surface area contributed by atoms with Crippen LogP contribution in [0.4, 0.5) is 0 Å². The molecule has 4 aromatic carbocycles. The molecule has 0 radical (unpaired) electrons. The van der Waals surface area contributed by atoms with Crippen LogP contribution in [0.3, 0.4) is 0 Å². The van der Waals surface area contributed by atoms with Crippen LogP contribution in [-0.4, -0.2) is 15.6 Å². The summed E-state index contributed by atoms with van der Waals surface area (Å²) < 4.78 is 46.9. The molecule has 2 heterocycles. The molecule has 0 N–H and O–H groups in total.